The molecule has 1 N–H and O–H groups in total. The van der Waals surface area contributed by atoms with Crippen LogP contribution in [0.1, 0.15) is 36.0 Å². The molecule has 0 radical (unpaired) electrons. The van der Waals surface area contributed by atoms with E-state index >= 15 is 0 Å². The number of benzene rings is 2. The smallest absolute Gasteiger partial charge is 0.255 e. The second-order valence-electron chi connectivity index (χ2n) is 7.69. The van der Waals surface area contributed by atoms with Gasteiger partial charge in [-0.15, -0.1) is 0 Å². The lowest BCUT2D eigenvalue weighted by Crippen LogP contribution is -2.31. The molecule has 1 aromatic heterocycles. The van der Waals surface area contributed by atoms with Crippen molar-refractivity contribution >= 4 is 11.6 Å². The SMILES string of the molecule is O=C(Nc1ccccc1-n1cccc1)c1ccc(OCCCN2CCCCC2)cc1. The van der Waals surface area contributed by atoms with Crippen molar-refractivity contribution in [3.8, 4) is 11.4 Å². The van der Waals surface area contributed by atoms with Crippen LogP contribution in [0.2, 0.25) is 0 Å². The van der Waals surface area contributed by atoms with Gasteiger partial charge in [0.2, 0.25) is 0 Å². The summed E-state index contributed by atoms with van der Waals surface area (Å²) in [6, 6.07) is 19.1. The molecule has 0 unspecified atom stereocenters. The van der Waals surface area contributed by atoms with Crippen molar-refractivity contribution in [1.29, 1.82) is 0 Å². The van der Waals surface area contributed by atoms with Crippen LogP contribution >= 0.6 is 0 Å². The quantitative estimate of drug-likeness (QED) is 0.539. The number of piperidine rings is 1. The van der Waals surface area contributed by atoms with Crippen LogP contribution in [0.4, 0.5) is 5.69 Å². The number of ether oxygens (including phenoxy) is 1. The van der Waals surface area contributed by atoms with E-state index in [1.807, 2.05) is 77.6 Å². The normalized spacial score (nSPS) is 14.4. The number of anilines is 1. The number of para-hydroxylation sites is 2. The molecule has 4 rings (SSSR count). The number of rotatable bonds is 8. The fourth-order valence-electron chi connectivity index (χ4n) is 3.86. The number of carbonyl (C=O) groups excluding carboxylic acids is 1. The molecule has 156 valence electrons. The number of nitrogens with one attached hydrogen (secondary N) is 1. The van der Waals surface area contributed by atoms with Gasteiger partial charge in [-0.2, -0.15) is 0 Å². The Bertz CT molecular complexity index is 929. The number of hydrogen-bond acceptors (Lipinski definition) is 3. The Morgan fingerprint density at radius 3 is 2.40 bits per heavy atom. The van der Waals surface area contributed by atoms with Crippen molar-refractivity contribution in [3.05, 3.63) is 78.6 Å². The first kappa shape index (κ1) is 20.2. The van der Waals surface area contributed by atoms with Crippen molar-refractivity contribution < 1.29 is 9.53 Å². The number of amides is 1. The predicted molar refractivity (Wildman–Crippen MR) is 121 cm³/mol. The first-order chi connectivity index (χ1) is 14.8. The molecule has 5 nitrogen and oxygen atoms in total. The third-order valence-electron chi connectivity index (χ3n) is 5.49. The summed E-state index contributed by atoms with van der Waals surface area (Å²) in [5, 5.41) is 3.02. The maximum atomic E-state index is 12.7. The second-order valence-corrected chi connectivity index (χ2v) is 7.69. The summed E-state index contributed by atoms with van der Waals surface area (Å²) in [6.07, 6.45) is 8.95. The summed E-state index contributed by atoms with van der Waals surface area (Å²) in [6.45, 7) is 4.24. The molecule has 0 aliphatic carbocycles. The van der Waals surface area contributed by atoms with Crippen molar-refractivity contribution in [2.75, 3.05) is 31.6 Å². The third kappa shape index (κ3) is 5.30. The highest BCUT2D eigenvalue weighted by atomic mass is 16.5. The van der Waals surface area contributed by atoms with Crippen LogP contribution in [0.15, 0.2) is 73.1 Å². The highest BCUT2D eigenvalue weighted by Gasteiger charge is 2.11. The predicted octanol–water partition coefficient (Wildman–Crippen LogP) is 4.98. The average molecular weight is 404 g/mol. The van der Waals surface area contributed by atoms with E-state index in [0.29, 0.717) is 12.2 Å². The third-order valence-corrected chi connectivity index (χ3v) is 5.49. The zero-order chi connectivity index (χ0) is 20.6. The van der Waals surface area contributed by atoms with Crippen molar-refractivity contribution in [2.24, 2.45) is 0 Å². The first-order valence-electron chi connectivity index (χ1n) is 10.8. The van der Waals surface area contributed by atoms with Gasteiger partial charge >= 0.3 is 0 Å². The van der Waals surface area contributed by atoms with Crippen LogP contribution in [-0.4, -0.2) is 41.6 Å². The number of likely N-dealkylation sites (tertiary alicyclic amines) is 1. The Labute approximate surface area is 178 Å². The largest absolute Gasteiger partial charge is 0.494 e. The summed E-state index contributed by atoms with van der Waals surface area (Å²) in [5.74, 6) is 0.671. The molecule has 3 aromatic rings. The molecular formula is C25H29N3O2. The fraction of sp³-hybridized carbons (Fsp3) is 0.320. The molecule has 0 bridgehead atoms. The molecule has 1 amide bonds. The molecular weight excluding hydrogens is 374 g/mol. The molecule has 1 aliphatic heterocycles. The highest BCUT2D eigenvalue weighted by molar-refractivity contribution is 6.05. The van der Waals surface area contributed by atoms with Crippen LogP contribution in [0.5, 0.6) is 5.75 Å². The first-order valence-corrected chi connectivity index (χ1v) is 10.8. The number of aromatic nitrogens is 1. The van der Waals surface area contributed by atoms with E-state index in [0.717, 1.165) is 30.1 Å². The van der Waals surface area contributed by atoms with Crippen LogP contribution in [0.25, 0.3) is 5.69 Å². The van der Waals surface area contributed by atoms with Gasteiger partial charge in [0, 0.05) is 24.5 Å². The minimum atomic E-state index is -0.133. The average Bonchev–Trinajstić information content (AvgIpc) is 3.33. The van der Waals surface area contributed by atoms with Gasteiger partial charge in [0.1, 0.15) is 5.75 Å². The number of nitrogens with zero attached hydrogens (tertiary/aromatic N) is 2. The molecule has 1 saturated heterocycles. The van der Waals surface area contributed by atoms with Crippen LogP contribution in [0.3, 0.4) is 0 Å². The number of carbonyl (C=O) groups is 1. The van der Waals surface area contributed by atoms with Gasteiger partial charge in [-0.25, -0.2) is 0 Å². The summed E-state index contributed by atoms with van der Waals surface area (Å²) in [5.41, 5.74) is 2.32. The Morgan fingerprint density at radius 2 is 1.63 bits per heavy atom. The molecule has 1 fully saturated rings. The Hall–Kier alpha value is -3.05. The van der Waals surface area contributed by atoms with Gasteiger partial charge in [0.25, 0.3) is 5.91 Å². The maximum Gasteiger partial charge on any atom is 0.255 e. The zero-order valence-corrected chi connectivity index (χ0v) is 17.3. The van der Waals surface area contributed by atoms with Crippen molar-refractivity contribution in [3.63, 3.8) is 0 Å². The van der Waals surface area contributed by atoms with E-state index in [1.54, 1.807) is 0 Å². The van der Waals surface area contributed by atoms with Crippen molar-refractivity contribution in [1.82, 2.24) is 9.47 Å². The second kappa shape index (κ2) is 10.1. The van der Waals surface area contributed by atoms with Crippen LogP contribution in [0, 0.1) is 0 Å². The molecule has 0 atom stereocenters. The van der Waals surface area contributed by atoms with Crippen molar-refractivity contribution in [2.45, 2.75) is 25.7 Å². The Balaban J connectivity index is 1.29. The molecule has 2 heterocycles. The zero-order valence-electron chi connectivity index (χ0n) is 17.3. The van der Waals surface area contributed by atoms with E-state index in [9.17, 15) is 4.79 Å². The van der Waals surface area contributed by atoms with Gasteiger partial charge in [0.05, 0.1) is 18.0 Å². The molecule has 2 aromatic carbocycles. The summed E-state index contributed by atoms with van der Waals surface area (Å²) in [7, 11) is 0. The Morgan fingerprint density at radius 1 is 0.900 bits per heavy atom. The summed E-state index contributed by atoms with van der Waals surface area (Å²) in [4.78, 5) is 15.2. The molecule has 1 aliphatic rings. The lowest BCUT2D eigenvalue weighted by atomic mass is 10.1. The van der Waals surface area contributed by atoms with Gasteiger partial charge in [-0.05, 0) is 80.9 Å². The highest BCUT2D eigenvalue weighted by Crippen LogP contribution is 2.21. The fourth-order valence-corrected chi connectivity index (χ4v) is 3.86. The van der Waals surface area contributed by atoms with E-state index < -0.39 is 0 Å². The van der Waals surface area contributed by atoms with Gasteiger partial charge < -0.3 is 19.5 Å². The van der Waals surface area contributed by atoms with E-state index in [2.05, 4.69) is 10.2 Å². The van der Waals surface area contributed by atoms with E-state index in [-0.39, 0.29) is 5.91 Å². The number of hydrogen-bond donors (Lipinski definition) is 1. The minimum absolute atomic E-state index is 0.133. The lowest BCUT2D eigenvalue weighted by molar-refractivity contribution is 0.102. The molecule has 30 heavy (non-hydrogen) atoms. The topological polar surface area (TPSA) is 46.5 Å². The Kier molecular flexibility index (Phi) is 6.83. The van der Waals surface area contributed by atoms with E-state index in [4.69, 9.17) is 4.74 Å². The van der Waals surface area contributed by atoms with Crippen LogP contribution < -0.4 is 10.1 Å². The molecule has 5 heteroatoms. The lowest BCUT2D eigenvalue weighted by Gasteiger charge is -2.26. The van der Waals surface area contributed by atoms with Crippen LogP contribution in [-0.2, 0) is 0 Å². The maximum absolute atomic E-state index is 12.7. The van der Waals surface area contributed by atoms with Gasteiger partial charge in [0.15, 0.2) is 0 Å². The monoisotopic (exact) mass is 403 g/mol. The van der Waals surface area contributed by atoms with Gasteiger partial charge in [-0.1, -0.05) is 18.6 Å². The molecule has 0 saturated carbocycles. The van der Waals surface area contributed by atoms with E-state index in [1.165, 1.54) is 32.4 Å². The van der Waals surface area contributed by atoms with Gasteiger partial charge in [-0.3, -0.25) is 4.79 Å². The summed E-state index contributed by atoms with van der Waals surface area (Å²) >= 11 is 0. The minimum Gasteiger partial charge on any atom is -0.494 e. The summed E-state index contributed by atoms with van der Waals surface area (Å²) < 4.78 is 7.84. The standard InChI is InChI=1S/C25H29N3O2/c29-25(26-23-9-2-3-10-24(23)28-18-6-7-19-28)21-11-13-22(14-12-21)30-20-8-17-27-15-4-1-5-16-27/h2-3,6-7,9-14,18-19H,1,4-5,8,15-17,20H2,(H,26,29). The molecule has 0 spiro atoms.